The molecule has 0 spiro atoms. The Morgan fingerprint density at radius 1 is 0.778 bits per heavy atom. The fraction of sp³-hybridized carbons (Fsp3) is 0. The Morgan fingerprint density at radius 3 is 1.94 bits per heavy atom. The van der Waals surface area contributed by atoms with Crippen molar-refractivity contribution in [2.75, 3.05) is 0 Å². The maximum absolute atomic E-state index is 4.52. The molecule has 1 aromatic heterocycles. The van der Waals surface area contributed by atoms with Gasteiger partial charge in [0.15, 0.2) is 4.73 Å². The molecule has 0 bridgehead atoms. The van der Waals surface area contributed by atoms with Gasteiger partial charge in [0.05, 0.1) is 11.4 Å². The Morgan fingerprint density at radius 2 is 1.33 bits per heavy atom. The lowest BCUT2D eigenvalue weighted by atomic mass is 10.1. The topological polar surface area (TPSA) is 28.7 Å². The van der Waals surface area contributed by atoms with E-state index in [1.165, 1.54) is 0 Å². The van der Waals surface area contributed by atoms with Gasteiger partial charge in [-0.15, -0.1) is 0 Å². The summed E-state index contributed by atoms with van der Waals surface area (Å²) >= 11 is 3.41. The van der Waals surface area contributed by atoms with Gasteiger partial charge < -0.3 is 4.98 Å². The molecule has 0 amide bonds. The van der Waals surface area contributed by atoms with Crippen molar-refractivity contribution in [3.05, 3.63) is 65.4 Å². The van der Waals surface area contributed by atoms with Gasteiger partial charge in [-0.25, -0.2) is 4.98 Å². The number of hydrogen-bond donors (Lipinski definition) is 1. The number of imidazole rings is 1. The van der Waals surface area contributed by atoms with Crippen LogP contribution in [0.1, 0.15) is 0 Å². The maximum Gasteiger partial charge on any atom is 0.175 e. The SMILES string of the molecule is Brc1nc(-c2ccccc2)c(-c2ccccc2)[nH]1. The lowest BCUT2D eigenvalue weighted by molar-refractivity contribution is 1.24. The van der Waals surface area contributed by atoms with Crippen molar-refractivity contribution in [1.82, 2.24) is 9.97 Å². The molecule has 0 saturated heterocycles. The zero-order valence-corrected chi connectivity index (χ0v) is 11.2. The van der Waals surface area contributed by atoms with Crippen LogP contribution in [0.4, 0.5) is 0 Å². The summed E-state index contributed by atoms with van der Waals surface area (Å²) in [5.41, 5.74) is 4.25. The van der Waals surface area contributed by atoms with E-state index in [9.17, 15) is 0 Å². The molecule has 18 heavy (non-hydrogen) atoms. The van der Waals surface area contributed by atoms with Gasteiger partial charge in [0.1, 0.15) is 0 Å². The van der Waals surface area contributed by atoms with Crippen LogP contribution in [0.25, 0.3) is 22.5 Å². The third-order valence-corrected chi connectivity index (χ3v) is 3.16. The van der Waals surface area contributed by atoms with Crippen molar-refractivity contribution < 1.29 is 0 Å². The number of H-pyrrole nitrogens is 1. The molecule has 3 aromatic rings. The number of aromatic nitrogens is 2. The summed E-state index contributed by atoms with van der Waals surface area (Å²) in [4.78, 5) is 7.78. The Bertz CT molecular complexity index is 588. The summed E-state index contributed by atoms with van der Waals surface area (Å²) < 4.78 is 0.750. The first-order valence-corrected chi connectivity index (χ1v) is 6.50. The van der Waals surface area contributed by atoms with E-state index in [0.29, 0.717) is 0 Å². The van der Waals surface area contributed by atoms with Crippen molar-refractivity contribution in [2.45, 2.75) is 0 Å². The zero-order chi connectivity index (χ0) is 12.4. The van der Waals surface area contributed by atoms with Crippen LogP contribution < -0.4 is 0 Å². The lowest BCUT2D eigenvalue weighted by Crippen LogP contribution is -1.82. The number of benzene rings is 2. The Hall–Kier alpha value is -1.87. The highest BCUT2D eigenvalue weighted by Gasteiger charge is 2.12. The Balaban J connectivity index is 2.17. The van der Waals surface area contributed by atoms with E-state index >= 15 is 0 Å². The predicted octanol–water partition coefficient (Wildman–Crippen LogP) is 4.51. The number of rotatable bonds is 2. The standard InChI is InChI=1S/C15H11BrN2/c16-15-17-13(11-7-3-1-4-8-11)14(18-15)12-9-5-2-6-10-12/h1-10H,(H,17,18). The normalized spacial score (nSPS) is 10.5. The van der Waals surface area contributed by atoms with Crippen molar-refractivity contribution in [3.8, 4) is 22.5 Å². The molecule has 3 heteroatoms. The van der Waals surface area contributed by atoms with E-state index in [2.05, 4.69) is 50.2 Å². The molecule has 1 heterocycles. The summed E-state index contributed by atoms with van der Waals surface area (Å²) in [5, 5.41) is 0. The Kier molecular flexibility index (Phi) is 2.99. The minimum absolute atomic E-state index is 0.750. The summed E-state index contributed by atoms with van der Waals surface area (Å²) in [6.07, 6.45) is 0. The number of nitrogens with zero attached hydrogens (tertiary/aromatic N) is 1. The number of aromatic amines is 1. The summed E-state index contributed by atoms with van der Waals surface area (Å²) in [5.74, 6) is 0. The van der Waals surface area contributed by atoms with E-state index in [4.69, 9.17) is 0 Å². The predicted molar refractivity (Wildman–Crippen MR) is 77.2 cm³/mol. The van der Waals surface area contributed by atoms with Crippen LogP contribution in [-0.2, 0) is 0 Å². The molecule has 0 aliphatic carbocycles. The van der Waals surface area contributed by atoms with Crippen LogP contribution in [0.5, 0.6) is 0 Å². The molecule has 2 aromatic carbocycles. The molecule has 1 N–H and O–H groups in total. The fourth-order valence-electron chi connectivity index (χ4n) is 1.96. The van der Waals surface area contributed by atoms with Gasteiger partial charge in [-0.05, 0) is 15.9 Å². The molecule has 0 unspecified atom stereocenters. The van der Waals surface area contributed by atoms with E-state index < -0.39 is 0 Å². The van der Waals surface area contributed by atoms with Crippen LogP contribution >= 0.6 is 15.9 Å². The largest absolute Gasteiger partial charge is 0.332 e. The first-order chi connectivity index (χ1) is 8.84. The lowest BCUT2D eigenvalue weighted by Gasteiger charge is -2.02. The fourth-order valence-corrected chi connectivity index (χ4v) is 2.34. The van der Waals surface area contributed by atoms with Crippen molar-refractivity contribution in [2.24, 2.45) is 0 Å². The van der Waals surface area contributed by atoms with Crippen molar-refractivity contribution >= 4 is 15.9 Å². The molecular formula is C15H11BrN2. The van der Waals surface area contributed by atoms with Crippen LogP contribution in [-0.4, -0.2) is 9.97 Å². The molecule has 2 nitrogen and oxygen atoms in total. The number of hydrogen-bond acceptors (Lipinski definition) is 1. The third-order valence-electron chi connectivity index (χ3n) is 2.78. The monoisotopic (exact) mass is 298 g/mol. The molecule has 0 saturated carbocycles. The van der Waals surface area contributed by atoms with Crippen LogP contribution in [0.3, 0.4) is 0 Å². The van der Waals surface area contributed by atoms with Crippen molar-refractivity contribution in [3.63, 3.8) is 0 Å². The smallest absolute Gasteiger partial charge is 0.175 e. The van der Waals surface area contributed by atoms with Crippen LogP contribution in [0, 0.1) is 0 Å². The first-order valence-electron chi connectivity index (χ1n) is 5.71. The average Bonchev–Trinajstić information content (AvgIpc) is 2.83. The van der Waals surface area contributed by atoms with E-state index in [0.717, 1.165) is 27.2 Å². The highest BCUT2D eigenvalue weighted by molar-refractivity contribution is 9.10. The third kappa shape index (κ3) is 2.09. The average molecular weight is 299 g/mol. The van der Waals surface area contributed by atoms with Gasteiger partial charge in [-0.2, -0.15) is 0 Å². The number of nitrogens with one attached hydrogen (secondary N) is 1. The van der Waals surface area contributed by atoms with E-state index in [1.807, 2.05) is 36.4 Å². The quantitative estimate of drug-likeness (QED) is 0.741. The molecular weight excluding hydrogens is 288 g/mol. The molecule has 88 valence electrons. The molecule has 0 atom stereocenters. The van der Waals surface area contributed by atoms with Gasteiger partial charge in [0, 0.05) is 11.1 Å². The molecule has 0 aliphatic heterocycles. The molecule has 0 fully saturated rings. The second kappa shape index (κ2) is 4.78. The summed E-state index contributed by atoms with van der Waals surface area (Å²) in [7, 11) is 0. The minimum atomic E-state index is 0.750. The molecule has 0 radical (unpaired) electrons. The number of halogens is 1. The summed E-state index contributed by atoms with van der Waals surface area (Å²) in [6.45, 7) is 0. The highest BCUT2D eigenvalue weighted by atomic mass is 79.9. The molecule has 0 aliphatic rings. The first kappa shape index (κ1) is 11.2. The zero-order valence-electron chi connectivity index (χ0n) is 9.60. The van der Waals surface area contributed by atoms with Gasteiger partial charge in [-0.3, -0.25) is 0 Å². The van der Waals surface area contributed by atoms with Crippen molar-refractivity contribution in [1.29, 1.82) is 0 Å². The van der Waals surface area contributed by atoms with Gasteiger partial charge in [0.25, 0.3) is 0 Å². The summed E-state index contributed by atoms with van der Waals surface area (Å²) in [6, 6.07) is 20.4. The highest BCUT2D eigenvalue weighted by Crippen LogP contribution is 2.30. The van der Waals surface area contributed by atoms with E-state index in [-0.39, 0.29) is 0 Å². The van der Waals surface area contributed by atoms with Gasteiger partial charge in [0.2, 0.25) is 0 Å². The second-order valence-electron chi connectivity index (χ2n) is 3.98. The maximum atomic E-state index is 4.52. The van der Waals surface area contributed by atoms with Crippen LogP contribution in [0.2, 0.25) is 0 Å². The second-order valence-corrected chi connectivity index (χ2v) is 4.73. The molecule has 3 rings (SSSR count). The van der Waals surface area contributed by atoms with Gasteiger partial charge >= 0.3 is 0 Å². The Labute approximate surface area is 114 Å². The van der Waals surface area contributed by atoms with Crippen LogP contribution in [0.15, 0.2) is 65.4 Å². The minimum Gasteiger partial charge on any atom is -0.332 e. The van der Waals surface area contributed by atoms with E-state index in [1.54, 1.807) is 0 Å². The van der Waals surface area contributed by atoms with Gasteiger partial charge in [-0.1, -0.05) is 60.7 Å².